The minimum absolute atomic E-state index is 0.234. The summed E-state index contributed by atoms with van der Waals surface area (Å²) in [6.45, 7) is 4.21. The number of aryl methyl sites for hydroxylation is 1. The number of ether oxygens (including phenoxy) is 1. The van der Waals surface area contributed by atoms with Gasteiger partial charge < -0.3 is 10.1 Å². The van der Waals surface area contributed by atoms with Crippen LogP contribution in [0.3, 0.4) is 0 Å². The summed E-state index contributed by atoms with van der Waals surface area (Å²) in [6, 6.07) is 6.55. The Morgan fingerprint density at radius 1 is 1.44 bits per heavy atom. The monoisotopic (exact) mass is 265 g/mol. The van der Waals surface area contributed by atoms with Gasteiger partial charge in [0.2, 0.25) is 0 Å². The van der Waals surface area contributed by atoms with E-state index >= 15 is 0 Å². The molecule has 0 aromatic heterocycles. The highest BCUT2D eigenvalue weighted by Crippen LogP contribution is 2.49. The SMILES string of the molecule is COC1C[C@@H]2CNC[C@]2(c2ccc(C)c(Cl)c2)C1. The molecule has 2 fully saturated rings. The predicted octanol–water partition coefficient (Wildman–Crippen LogP) is 2.91. The van der Waals surface area contributed by atoms with Crippen molar-refractivity contribution in [1.29, 1.82) is 0 Å². The Bertz CT molecular complexity index is 462. The number of hydrogen-bond acceptors (Lipinski definition) is 2. The Kier molecular flexibility index (Phi) is 3.13. The molecule has 18 heavy (non-hydrogen) atoms. The smallest absolute Gasteiger partial charge is 0.0583 e. The summed E-state index contributed by atoms with van der Waals surface area (Å²) in [5.74, 6) is 0.682. The molecule has 1 N–H and O–H groups in total. The van der Waals surface area contributed by atoms with Crippen molar-refractivity contribution in [2.45, 2.75) is 31.3 Å². The molecule has 1 saturated carbocycles. The van der Waals surface area contributed by atoms with E-state index in [2.05, 4.69) is 30.4 Å². The van der Waals surface area contributed by atoms with Gasteiger partial charge in [-0.25, -0.2) is 0 Å². The molecule has 1 aliphatic heterocycles. The van der Waals surface area contributed by atoms with Crippen LogP contribution in [-0.2, 0) is 10.2 Å². The molecule has 0 bridgehead atoms. The lowest BCUT2D eigenvalue weighted by Gasteiger charge is -2.29. The van der Waals surface area contributed by atoms with Gasteiger partial charge in [-0.3, -0.25) is 0 Å². The third kappa shape index (κ3) is 1.78. The van der Waals surface area contributed by atoms with E-state index in [1.807, 2.05) is 7.11 Å². The topological polar surface area (TPSA) is 21.3 Å². The molecular weight excluding hydrogens is 246 g/mol. The summed E-state index contributed by atoms with van der Waals surface area (Å²) in [5, 5.41) is 4.43. The van der Waals surface area contributed by atoms with Gasteiger partial charge in [0.15, 0.2) is 0 Å². The average molecular weight is 266 g/mol. The second kappa shape index (κ2) is 4.52. The first kappa shape index (κ1) is 12.5. The molecule has 3 heteroatoms. The second-order valence-electron chi connectivity index (χ2n) is 5.75. The van der Waals surface area contributed by atoms with Gasteiger partial charge in [0, 0.05) is 24.1 Å². The van der Waals surface area contributed by atoms with Crippen molar-refractivity contribution in [3.05, 3.63) is 34.3 Å². The molecule has 0 radical (unpaired) electrons. The quantitative estimate of drug-likeness (QED) is 0.888. The van der Waals surface area contributed by atoms with Gasteiger partial charge in [-0.05, 0) is 49.4 Å². The van der Waals surface area contributed by atoms with Crippen LogP contribution < -0.4 is 5.32 Å². The fraction of sp³-hybridized carbons (Fsp3) is 0.600. The fourth-order valence-corrected chi connectivity index (χ4v) is 3.88. The van der Waals surface area contributed by atoms with Crippen LogP contribution in [0.25, 0.3) is 0 Å². The van der Waals surface area contributed by atoms with E-state index in [1.54, 1.807) is 0 Å². The van der Waals surface area contributed by atoms with E-state index < -0.39 is 0 Å². The molecule has 2 nitrogen and oxygen atoms in total. The number of benzene rings is 1. The minimum atomic E-state index is 0.234. The Hall–Kier alpha value is -0.570. The van der Waals surface area contributed by atoms with Crippen molar-refractivity contribution in [1.82, 2.24) is 5.32 Å². The van der Waals surface area contributed by atoms with Crippen LogP contribution in [-0.4, -0.2) is 26.3 Å². The maximum atomic E-state index is 6.30. The predicted molar refractivity (Wildman–Crippen MR) is 74.3 cm³/mol. The first-order valence-electron chi connectivity index (χ1n) is 6.66. The van der Waals surface area contributed by atoms with Crippen LogP contribution in [0.1, 0.15) is 24.0 Å². The number of methoxy groups -OCH3 is 1. The summed E-state index contributed by atoms with van der Waals surface area (Å²) >= 11 is 6.30. The molecule has 0 spiro atoms. The lowest BCUT2D eigenvalue weighted by atomic mass is 9.74. The van der Waals surface area contributed by atoms with Crippen molar-refractivity contribution >= 4 is 11.6 Å². The van der Waals surface area contributed by atoms with Crippen molar-refractivity contribution < 1.29 is 4.74 Å². The van der Waals surface area contributed by atoms with E-state index in [0.29, 0.717) is 12.0 Å². The van der Waals surface area contributed by atoms with Crippen molar-refractivity contribution in [2.24, 2.45) is 5.92 Å². The first-order valence-corrected chi connectivity index (χ1v) is 7.03. The zero-order valence-electron chi connectivity index (χ0n) is 11.0. The molecule has 2 aliphatic rings. The van der Waals surface area contributed by atoms with Crippen molar-refractivity contribution in [2.75, 3.05) is 20.2 Å². The first-order chi connectivity index (χ1) is 8.65. The lowest BCUT2D eigenvalue weighted by molar-refractivity contribution is 0.100. The maximum absolute atomic E-state index is 6.30. The summed E-state index contributed by atoms with van der Waals surface area (Å²) in [7, 11) is 1.83. The fourth-order valence-electron chi connectivity index (χ4n) is 3.70. The van der Waals surface area contributed by atoms with Gasteiger partial charge in [0.25, 0.3) is 0 Å². The van der Waals surface area contributed by atoms with Crippen LogP contribution in [0.2, 0.25) is 5.02 Å². The molecule has 3 rings (SSSR count). The van der Waals surface area contributed by atoms with E-state index in [-0.39, 0.29) is 5.41 Å². The van der Waals surface area contributed by atoms with Crippen LogP contribution in [0.5, 0.6) is 0 Å². The van der Waals surface area contributed by atoms with Crippen molar-refractivity contribution in [3.8, 4) is 0 Å². The third-order valence-electron chi connectivity index (χ3n) is 4.83. The van der Waals surface area contributed by atoms with E-state index in [1.165, 1.54) is 5.56 Å². The van der Waals surface area contributed by atoms with Gasteiger partial charge >= 0.3 is 0 Å². The number of fused-ring (bicyclic) bond motifs is 1. The summed E-state index contributed by atoms with van der Waals surface area (Å²) in [5.41, 5.74) is 2.77. The number of hydrogen-bond donors (Lipinski definition) is 1. The number of rotatable bonds is 2. The van der Waals surface area contributed by atoms with Crippen LogP contribution in [0.4, 0.5) is 0 Å². The molecule has 1 aromatic rings. The Labute approximate surface area is 114 Å². The molecule has 1 aromatic carbocycles. The summed E-state index contributed by atoms with van der Waals surface area (Å²) in [6.07, 6.45) is 2.67. The molecular formula is C15H20ClNO. The summed E-state index contributed by atoms with van der Waals surface area (Å²) in [4.78, 5) is 0. The van der Waals surface area contributed by atoms with E-state index in [9.17, 15) is 0 Å². The van der Waals surface area contributed by atoms with E-state index in [4.69, 9.17) is 16.3 Å². The van der Waals surface area contributed by atoms with Gasteiger partial charge in [-0.1, -0.05) is 23.7 Å². The van der Waals surface area contributed by atoms with Gasteiger partial charge in [-0.15, -0.1) is 0 Å². The second-order valence-corrected chi connectivity index (χ2v) is 6.15. The highest BCUT2D eigenvalue weighted by Gasteiger charge is 2.51. The highest BCUT2D eigenvalue weighted by atomic mass is 35.5. The van der Waals surface area contributed by atoms with Gasteiger partial charge in [0.05, 0.1) is 6.10 Å². The van der Waals surface area contributed by atoms with Gasteiger partial charge in [0.1, 0.15) is 0 Å². The number of halogens is 1. The summed E-state index contributed by atoms with van der Waals surface area (Å²) < 4.78 is 5.59. The molecule has 3 atom stereocenters. The highest BCUT2D eigenvalue weighted by molar-refractivity contribution is 6.31. The standard InChI is InChI=1S/C15H20ClNO/c1-10-3-4-11(6-14(10)16)15-7-13(18-2)5-12(15)8-17-9-15/h3-4,6,12-13,17H,5,7-9H2,1-2H3/t12-,13?,15+/m1/s1. The maximum Gasteiger partial charge on any atom is 0.0583 e. The van der Waals surface area contributed by atoms with Crippen LogP contribution in [0, 0.1) is 12.8 Å². The lowest BCUT2D eigenvalue weighted by Crippen LogP contribution is -2.31. The largest absolute Gasteiger partial charge is 0.381 e. The normalized spacial score (nSPS) is 34.8. The Morgan fingerprint density at radius 2 is 2.28 bits per heavy atom. The van der Waals surface area contributed by atoms with Gasteiger partial charge in [-0.2, -0.15) is 0 Å². The third-order valence-corrected chi connectivity index (χ3v) is 5.24. The molecule has 98 valence electrons. The molecule has 0 amide bonds. The average Bonchev–Trinajstić information content (AvgIpc) is 2.89. The van der Waals surface area contributed by atoms with E-state index in [0.717, 1.165) is 36.5 Å². The molecule has 1 unspecified atom stereocenters. The van der Waals surface area contributed by atoms with Crippen molar-refractivity contribution in [3.63, 3.8) is 0 Å². The Morgan fingerprint density at radius 3 is 3.00 bits per heavy atom. The van der Waals surface area contributed by atoms with Crippen LogP contribution >= 0.6 is 11.6 Å². The van der Waals surface area contributed by atoms with Crippen LogP contribution in [0.15, 0.2) is 18.2 Å². The molecule has 1 saturated heterocycles. The Balaban J connectivity index is 1.99. The zero-order valence-corrected chi connectivity index (χ0v) is 11.8. The molecule has 1 aliphatic carbocycles. The molecule has 1 heterocycles. The number of nitrogens with one attached hydrogen (secondary N) is 1. The zero-order chi connectivity index (χ0) is 12.8. The minimum Gasteiger partial charge on any atom is -0.381 e.